The van der Waals surface area contributed by atoms with Crippen LogP contribution in [0.4, 0.5) is 4.79 Å². The lowest BCUT2D eigenvalue weighted by Gasteiger charge is -2.42. The highest BCUT2D eigenvalue weighted by Crippen LogP contribution is 2.39. The van der Waals surface area contributed by atoms with E-state index in [4.69, 9.17) is 4.74 Å². The van der Waals surface area contributed by atoms with Crippen molar-refractivity contribution in [3.63, 3.8) is 0 Å². The molecule has 0 radical (unpaired) electrons. The Labute approximate surface area is 186 Å². The van der Waals surface area contributed by atoms with Crippen molar-refractivity contribution >= 4 is 6.09 Å². The topological polar surface area (TPSA) is 63.2 Å². The van der Waals surface area contributed by atoms with E-state index in [-0.39, 0.29) is 11.6 Å². The average Bonchev–Trinajstić information content (AvgIpc) is 2.75. The highest BCUT2D eigenvalue weighted by atomic mass is 16.6. The number of pyridine rings is 1. The minimum atomic E-state index is -0.512. The second kappa shape index (κ2) is 8.99. The van der Waals surface area contributed by atoms with Gasteiger partial charge in [0.1, 0.15) is 5.60 Å². The van der Waals surface area contributed by atoms with Crippen molar-refractivity contribution in [2.75, 3.05) is 0 Å². The Morgan fingerprint density at radius 2 is 1.81 bits per heavy atom. The Hall–Kier alpha value is -2.40. The van der Waals surface area contributed by atoms with Crippen molar-refractivity contribution in [1.29, 1.82) is 0 Å². The largest absolute Gasteiger partial charge is 0.444 e. The van der Waals surface area contributed by atoms with Gasteiger partial charge in [-0.15, -0.1) is 0 Å². The molecule has 0 spiro atoms. The van der Waals surface area contributed by atoms with Gasteiger partial charge >= 0.3 is 6.09 Å². The third kappa shape index (κ3) is 5.27. The summed E-state index contributed by atoms with van der Waals surface area (Å²) >= 11 is 0. The number of alkyl carbamates (subject to hydrolysis) is 1. The summed E-state index contributed by atoms with van der Waals surface area (Å²) in [5, 5.41) is 7.13. The predicted octanol–water partition coefficient (Wildman–Crippen LogP) is 5.41. The zero-order chi connectivity index (χ0) is 21.9. The lowest BCUT2D eigenvalue weighted by molar-refractivity contribution is 0.0408. The minimum Gasteiger partial charge on any atom is -0.444 e. The number of fused-ring (bicyclic) bond motifs is 1. The van der Waals surface area contributed by atoms with E-state index in [0.717, 1.165) is 44.1 Å². The monoisotopic (exact) mass is 421 g/mol. The van der Waals surface area contributed by atoms with Gasteiger partial charge in [-0.05, 0) is 82.9 Å². The van der Waals surface area contributed by atoms with Crippen LogP contribution in [0.2, 0.25) is 0 Å². The number of rotatable bonds is 4. The molecule has 1 heterocycles. The Kier molecular flexibility index (Phi) is 6.33. The third-order valence-electron chi connectivity index (χ3n) is 6.54. The molecule has 5 nitrogen and oxygen atoms in total. The summed E-state index contributed by atoms with van der Waals surface area (Å²) in [6.07, 6.45) is 8.82. The molecule has 2 N–H and O–H groups in total. The van der Waals surface area contributed by atoms with Crippen molar-refractivity contribution < 1.29 is 9.53 Å². The summed E-state index contributed by atoms with van der Waals surface area (Å²) in [4.78, 5) is 17.4. The van der Waals surface area contributed by atoms with Crippen molar-refractivity contribution in [3.8, 4) is 0 Å². The smallest absolute Gasteiger partial charge is 0.408 e. The average molecular weight is 422 g/mol. The van der Waals surface area contributed by atoms with Crippen LogP contribution < -0.4 is 10.6 Å². The van der Waals surface area contributed by atoms with Gasteiger partial charge in [0.2, 0.25) is 0 Å². The van der Waals surface area contributed by atoms with Crippen LogP contribution in [0.3, 0.4) is 0 Å². The van der Waals surface area contributed by atoms with E-state index >= 15 is 0 Å². The summed E-state index contributed by atoms with van der Waals surface area (Å²) in [5.74, 6) is 0. The normalized spacial score (nSPS) is 26.0. The van der Waals surface area contributed by atoms with Gasteiger partial charge in [0.25, 0.3) is 0 Å². The fraction of sp³-hybridized carbons (Fsp3) is 0.538. The Morgan fingerprint density at radius 1 is 1.06 bits per heavy atom. The van der Waals surface area contributed by atoms with Crippen molar-refractivity contribution in [3.05, 3.63) is 65.5 Å². The molecule has 4 rings (SSSR count). The molecule has 1 fully saturated rings. The van der Waals surface area contributed by atoms with E-state index in [1.54, 1.807) is 0 Å². The van der Waals surface area contributed by atoms with E-state index in [9.17, 15) is 4.79 Å². The van der Waals surface area contributed by atoms with Crippen LogP contribution in [0.25, 0.3) is 0 Å². The summed E-state index contributed by atoms with van der Waals surface area (Å²) in [5.41, 5.74) is 2.86. The van der Waals surface area contributed by atoms with E-state index in [1.165, 1.54) is 17.7 Å². The van der Waals surface area contributed by atoms with Crippen LogP contribution in [0, 0.1) is 0 Å². The lowest BCUT2D eigenvalue weighted by atomic mass is 9.74. The maximum atomic E-state index is 12.7. The number of hydrogen-bond acceptors (Lipinski definition) is 4. The minimum absolute atomic E-state index is 0.331. The van der Waals surface area contributed by atoms with Gasteiger partial charge in [-0.1, -0.05) is 36.4 Å². The quantitative estimate of drug-likeness (QED) is 0.693. The van der Waals surface area contributed by atoms with E-state index in [0.29, 0.717) is 12.1 Å². The summed E-state index contributed by atoms with van der Waals surface area (Å²) < 4.78 is 5.60. The number of carbonyl (C=O) groups is 1. The summed E-state index contributed by atoms with van der Waals surface area (Å²) in [7, 11) is 0. The number of aryl methyl sites for hydroxylation is 1. The van der Waals surface area contributed by atoms with Crippen LogP contribution in [0.15, 0.2) is 48.7 Å². The highest BCUT2D eigenvalue weighted by molar-refractivity contribution is 5.69. The number of amides is 1. The van der Waals surface area contributed by atoms with Crippen molar-refractivity contribution in [2.24, 2.45) is 0 Å². The second-order valence-corrected chi connectivity index (χ2v) is 10.0. The molecule has 0 aliphatic heterocycles. The zero-order valence-electron chi connectivity index (χ0n) is 19.0. The molecule has 166 valence electrons. The van der Waals surface area contributed by atoms with Crippen LogP contribution in [-0.4, -0.2) is 22.7 Å². The van der Waals surface area contributed by atoms with Gasteiger partial charge in [0.05, 0.1) is 11.2 Å². The first kappa shape index (κ1) is 21.8. The molecule has 31 heavy (non-hydrogen) atoms. The van der Waals surface area contributed by atoms with Gasteiger partial charge in [0.15, 0.2) is 0 Å². The standard InChI is InChI=1S/C26H35N3O2/c1-25(2,3)31-24(30)29-26(20-11-5-4-6-12-20)16-14-21(15-17-26)28-22-13-7-9-19-10-8-18-27-23(19)22/h4-6,8,10-12,18,21-22,28H,7,9,13-17H2,1-3H3,(H,29,30). The van der Waals surface area contributed by atoms with Gasteiger partial charge in [-0.2, -0.15) is 0 Å². The molecule has 1 saturated carbocycles. The number of nitrogens with one attached hydrogen (secondary N) is 2. The predicted molar refractivity (Wildman–Crippen MR) is 123 cm³/mol. The molecule has 0 saturated heterocycles. The number of benzene rings is 1. The van der Waals surface area contributed by atoms with E-state index < -0.39 is 5.60 Å². The van der Waals surface area contributed by atoms with Crippen molar-refractivity contribution in [1.82, 2.24) is 15.6 Å². The Bertz CT molecular complexity index is 883. The first-order valence-electron chi connectivity index (χ1n) is 11.6. The van der Waals surface area contributed by atoms with Crippen LogP contribution in [0.5, 0.6) is 0 Å². The Balaban J connectivity index is 1.46. The van der Waals surface area contributed by atoms with Gasteiger partial charge in [-0.25, -0.2) is 4.79 Å². The number of aromatic nitrogens is 1. The molecular weight excluding hydrogens is 386 g/mol. The fourth-order valence-corrected chi connectivity index (χ4v) is 5.08. The van der Waals surface area contributed by atoms with E-state index in [2.05, 4.69) is 33.8 Å². The number of hydrogen-bond donors (Lipinski definition) is 2. The van der Waals surface area contributed by atoms with Crippen LogP contribution in [0.1, 0.15) is 82.2 Å². The van der Waals surface area contributed by atoms with E-state index in [1.807, 2.05) is 51.2 Å². The Morgan fingerprint density at radius 3 is 2.52 bits per heavy atom. The van der Waals surface area contributed by atoms with Gasteiger partial charge < -0.3 is 15.4 Å². The molecular formula is C26H35N3O2. The molecule has 0 bridgehead atoms. The summed E-state index contributed by atoms with van der Waals surface area (Å²) in [6.45, 7) is 5.70. The molecule has 1 unspecified atom stereocenters. The highest BCUT2D eigenvalue weighted by Gasteiger charge is 2.40. The number of ether oxygens (including phenoxy) is 1. The molecule has 1 aromatic carbocycles. The van der Waals surface area contributed by atoms with Gasteiger partial charge in [0, 0.05) is 18.3 Å². The fourth-order valence-electron chi connectivity index (χ4n) is 5.08. The number of carbonyl (C=O) groups excluding carboxylic acids is 1. The zero-order valence-corrected chi connectivity index (χ0v) is 19.0. The molecule has 1 atom stereocenters. The first-order valence-corrected chi connectivity index (χ1v) is 11.6. The summed E-state index contributed by atoms with van der Waals surface area (Å²) in [6, 6.07) is 15.4. The molecule has 5 heteroatoms. The second-order valence-electron chi connectivity index (χ2n) is 10.0. The molecule has 1 aromatic heterocycles. The molecule has 2 aliphatic rings. The SMILES string of the molecule is CC(C)(C)OC(=O)NC1(c2ccccc2)CCC(NC2CCCc3cccnc32)CC1. The number of nitrogens with zero attached hydrogens (tertiary/aromatic N) is 1. The molecule has 2 aromatic rings. The van der Waals surface area contributed by atoms with Crippen molar-refractivity contribution in [2.45, 2.75) is 88.9 Å². The van der Waals surface area contributed by atoms with Crippen LogP contribution in [-0.2, 0) is 16.7 Å². The molecule has 1 amide bonds. The maximum Gasteiger partial charge on any atom is 0.408 e. The van der Waals surface area contributed by atoms with Crippen LogP contribution >= 0.6 is 0 Å². The molecule has 2 aliphatic carbocycles. The maximum absolute atomic E-state index is 12.7. The lowest BCUT2D eigenvalue weighted by Crippen LogP contribution is -2.52. The first-order chi connectivity index (χ1) is 14.8. The van der Waals surface area contributed by atoms with Gasteiger partial charge in [-0.3, -0.25) is 4.98 Å². The third-order valence-corrected chi connectivity index (χ3v) is 6.54.